The highest BCUT2D eigenvalue weighted by atomic mass is 32.2. The summed E-state index contributed by atoms with van der Waals surface area (Å²) in [5, 5.41) is 3.08. The molecule has 3 aromatic carbocycles. The molecule has 1 aliphatic rings. The molecule has 0 spiro atoms. The number of methoxy groups -OCH3 is 2. The highest BCUT2D eigenvalue weighted by Crippen LogP contribution is 2.36. The summed E-state index contributed by atoms with van der Waals surface area (Å²) in [5.41, 5.74) is 1.86. The molecule has 1 fully saturated rings. The van der Waals surface area contributed by atoms with E-state index in [1.807, 2.05) is 37.3 Å². The molecule has 1 atom stereocenters. The summed E-state index contributed by atoms with van der Waals surface area (Å²) >= 11 is 0. The van der Waals surface area contributed by atoms with Gasteiger partial charge in [0.25, 0.3) is 10.0 Å². The van der Waals surface area contributed by atoms with Crippen LogP contribution in [0, 0.1) is 6.92 Å². The van der Waals surface area contributed by atoms with Gasteiger partial charge in [-0.25, -0.2) is 8.42 Å². The number of anilines is 1. The van der Waals surface area contributed by atoms with Crippen molar-refractivity contribution >= 4 is 27.5 Å². The van der Waals surface area contributed by atoms with E-state index in [0.717, 1.165) is 41.1 Å². The number of ether oxygens (including phenoxy) is 2. The van der Waals surface area contributed by atoms with Crippen LogP contribution in [-0.4, -0.2) is 58.0 Å². The molecule has 2 amide bonds. The lowest BCUT2D eigenvalue weighted by molar-refractivity contribution is -0.139. The molecule has 1 saturated carbocycles. The number of sulfonamides is 1. The molecule has 0 unspecified atom stereocenters. The Hall–Kier alpha value is -4.05. The third-order valence-corrected chi connectivity index (χ3v) is 9.38. The number of nitrogens with zero attached hydrogens (tertiary/aromatic N) is 2. The number of hydrogen-bond donors (Lipinski definition) is 1. The third-order valence-electron chi connectivity index (χ3n) is 7.61. The Morgan fingerprint density at radius 1 is 0.952 bits per heavy atom. The van der Waals surface area contributed by atoms with Gasteiger partial charge in [0.15, 0.2) is 0 Å². The van der Waals surface area contributed by atoms with Crippen LogP contribution < -0.4 is 19.1 Å². The highest BCUT2D eigenvalue weighted by molar-refractivity contribution is 7.92. The molecule has 10 heteroatoms. The molecule has 224 valence electrons. The second-order valence-corrected chi connectivity index (χ2v) is 12.4. The smallest absolute Gasteiger partial charge is 0.264 e. The highest BCUT2D eigenvalue weighted by Gasteiger charge is 2.34. The van der Waals surface area contributed by atoms with Crippen molar-refractivity contribution in [1.82, 2.24) is 10.2 Å². The first-order valence-electron chi connectivity index (χ1n) is 14.1. The Bertz CT molecular complexity index is 1470. The summed E-state index contributed by atoms with van der Waals surface area (Å²) in [7, 11) is -1.34. The van der Waals surface area contributed by atoms with Gasteiger partial charge in [0.05, 0.1) is 24.8 Å². The topological polar surface area (TPSA) is 105 Å². The Morgan fingerprint density at radius 2 is 1.62 bits per heavy atom. The second kappa shape index (κ2) is 13.7. The lowest BCUT2D eigenvalue weighted by Crippen LogP contribution is -2.52. The summed E-state index contributed by atoms with van der Waals surface area (Å²) in [4.78, 5) is 29.0. The number of nitrogens with one attached hydrogen (secondary N) is 1. The SMILES string of the molecule is COc1ccc(OC)c(N(CC(=O)N(Cc2ccccc2)[C@H](C)C(=O)NC2CCCC2)S(=O)(=O)c2ccc(C)cc2)c1. The average Bonchev–Trinajstić information content (AvgIpc) is 3.51. The summed E-state index contributed by atoms with van der Waals surface area (Å²) in [6, 6.07) is 19.7. The first kappa shape index (κ1) is 30.9. The minimum atomic E-state index is -4.24. The average molecular weight is 594 g/mol. The van der Waals surface area contributed by atoms with Crippen LogP contribution in [0.5, 0.6) is 11.5 Å². The van der Waals surface area contributed by atoms with Gasteiger partial charge in [0.2, 0.25) is 11.8 Å². The van der Waals surface area contributed by atoms with E-state index in [2.05, 4.69) is 5.32 Å². The van der Waals surface area contributed by atoms with Gasteiger partial charge in [-0.2, -0.15) is 0 Å². The summed E-state index contributed by atoms with van der Waals surface area (Å²) in [6.07, 6.45) is 3.92. The van der Waals surface area contributed by atoms with Crippen molar-refractivity contribution in [2.24, 2.45) is 0 Å². The van der Waals surface area contributed by atoms with Crippen molar-refractivity contribution in [1.29, 1.82) is 0 Å². The number of rotatable bonds is 12. The van der Waals surface area contributed by atoms with E-state index < -0.39 is 28.5 Å². The number of benzene rings is 3. The quantitative estimate of drug-likeness (QED) is 0.327. The zero-order chi connectivity index (χ0) is 30.3. The van der Waals surface area contributed by atoms with Crippen LogP contribution in [0.2, 0.25) is 0 Å². The van der Waals surface area contributed by atoms with Crippen LogP contribution in [0.4, 0.5) is 5.69 Å². The Kier molecular flexibility index (Phi) is 10.1. The molecule has 0 heterocycles. The predicted molar refractivity (Wildman–Crippen MR) is 162 cm³/mol. The van der Waals surface area contributed by atoms with E-state index in [-0.39, 0.29) is 34.8 Å². The van der Waals surface area contributed by atoms with Crippen molar-refractivity contribution in [2.75, 3.05) is 25.1 Å². The minimum absolute atomic E-state index is 0.0207. The molecule has 1 aliphatic carbocycles. The normalized spacial score (nSPS) is 14.2. The van der Waals surface area contributed by atoms with Crippen molar-refractivity contribution < 1.29 is 27.5 Å². The molecule has 3 aromatic rings. The van der Waals surface area contributed by atoms with Gasteiger partial charge in [-0.3, -0.25) is 13.9 Å². The molecular weight excluding hydrogens is 554 g/mol. The van der Waals surface area contributed by atoms with Gasteiger partial charge in [-0.15, -0.1) is 0 Å². The zero-order valence-electron chi connectivity index (χ0n) is 24.6. The van der Waals surface area contributed by atoms with E-state index in [9.17, 15) is 18.0 Å². The Morgan fingerprint density at radius 3 is 2.24 bits per heavy atom. The van der Waals surface area contributed by atoms with Crippen LogP contribution in [0.15, 0.2) is 77.7 Å². The van der Waals surface area contributed by atoms with Crippen LogP contribution in [0.25, 0.3) is 0 Å². The predicted octanol–water partition coefficient (Wildman–Crippen LogP) is 4.68. The fourth-order valence-corrected chi connectivity index (χ4v) is 6.51. The largest absolute Gasteiger partial charge is 0.497 e. The summed E-state index contributed by atoms with van der Waals surface area (Å²) in [5.74, 6) is -0.153. The molecule has 0 radical (unpaired) electrons. The minimum Gasteiger partial charge on any atom is -0.497 e. The Labute approximate surface area is 248 Å². The molecule has 0 aliphatic heterocycles. The van der Waals surface area contributed by atoms with Gasteiger partial charge in [0.1, 0.15) is 24.1 Å². The standard InChI is InChI=1S/C32H39N3O6S/c1-23-14-17-28(18-15-23)42(38,39)35(29-20-27(40-3)16-19-30(29)41-4)22-31(36)34(21-25-10-6-5-7-11-25)24(2)32(37)33-26-12-8-9-13-26/h5-7,10-11,14-20,24,26H,8-9,12-13,21-22H2,1-4H3,(H,33,37)/t24-/m1/s1. The van der Waals surface area contributed by atoms with E-state index >= 15 is 0 Å². The Balaban J connectivity index is 1.74. The molecule has 4 rings (SSSR count). The zero-order valence-corrected chi connectivity index (χ0v) is 25.4. The van der Waals surface area contributed by atoms with Crippen LogP contribution in [-0.2, 0) is 26.2 Å². The fourth-order valence-electron chi connectivity index (χ4n) is 5.10. The summed E-state index contributed by atoms with van der Waals surface area (Å²) < 4.78 is 40.2. The second-order valence-electron chi connectivity index (χ2n) is 10.5. The molecular formula is C32H39N3O6S. The molecule has 1 N–H and O–H groups in total. The van der Waals surface area contributed by atoms with Crippen molar-refractivity contribution in [3.8, 4) is 11.5 Å². The molecule has 42 heavy (non-hydrogen) atoms. The van der Waals surface area contributed by atoms with Gasteiger partial charge in [0, 0.05) is 18.7 Å². The number of carbonyl (C=O) groups excluding carboxylic acids is 2. The van der Waals surface area contributed by atoms with Crippen molar-refractivity contribution in [3.05, 3.63) is 83.9 Å². The third kappa shape index (κ3) is 7.23. The maximum Gasteiger partial charge on any atom is 0.264 e. The summed E-state index contributed by atoms with van der Waals surface area (Å²) in [6.45, 7) is 3.11. The first-order valence-corrected chi connectivity index (χ1v) is 15.5. The monoisotopic (exact) mass is 593 g/mol. The number of aryl methyl sites for hydroxylation is 1. The van der Waals surface area contributed by atoms with E-state index in [1.165, 1.54) is 37.3 Å². The number of carbonyl (C=O) groups is 2. The van der Waals surface area contributed by atoms with Crippen molar-refractivity contribution in [3.63, 3.8) is 0 Å². The maximum absolute atomic E-state index is 14.2. The van der Waals surface area contributed by atoms with Gasteiger partial charge in [-0.1, -0.05) is 60.9 Å². The molecule has 0 bridgehead atoms. The maximum atomic E-state index is 14.2. The van der Waals surface area contributed by atoms with E-state index in [0.29, 0.717) is 5.75 Å². The lowest BCUT2D eigenvalue weighted by Gasteiger charge is -2.33. The van der Waals surface area contributed by atoms with Crippen molar-refractivity contribution in [2.45, 2.75) is 63.1 Å². The molecule has 9 nitrogen and oxygen atoms in total. The van der Waals surface area contributed by atoms with Gasteiger partial charge >= 0.3 is 0 Å². The first-order chi connectivity index (χ1) is 20.1. The van der Waals surface area contributed by atoms with Crippen LogP contribution in [0.3, 0.4) is 0 Å². The fraction of sp³-hybridized carbons (Fsp3) is 0.375. The number of hydrogen-bond acceptors (Lipinski definition) is 6. The van der Waals surface area contributed by atoms with Crippen LogP contribution >= 0.6 is 0 Å². The molecule has 0 saturated heterocycles. The van der Waals surface area contributed by atoms with E-state index in [1.54, 1.807) is 31.2 Å². The lowest BCUT2D eigenvalue weighted by atomic mass is 10.1. The van der Waals surface area contributed by atoms with E-state index in [4.69, 9.17) is 9.47 Å². The number of amides is 2. The van der Waals surface area contributed by atoms with Crippen LogP contribution in [0.1, 0.15) is 43.7 Å². The van der Waals surface area contributed by atoms with Gasteiger partial charge in [-0.05, 0) is 56.5 Å². The van der Waals surface area contributed by atoms with Gasteiger partial charge < -0.3 is 19.7 Å². The molecule has 0 aromatic heterocycles.